The summed E-state index contributed by atoms with van der Waals surface area (Å²) in [7, 11) is -1.69. The van der Waals surface area contributed by atoms with Gasteiger partial charge >= 0.3 is 5.97 Å². The highest BCUT2D eigenvalue weighted by molar-refractivity contribution is 7.84. The van der Waals surface area contributed by atoms with E-state index in [4.69, 9.17) is 4.74 Å². The Labute approximate surface area is 167 Å². The Hall–Kier alpha value is -1.87. The maximum atomic E-state index is 14.7. The van der Waals surface area contributed by atoms with Crippen LogP contribution in [0.3, 0.4) is 0 Å². The minimum absolute atomic E-state index is 0.127. The van der Waals surface area contributed by atoms with Crippen molar-refractivity contribution in [2.24, 2.45) is 5.92 Å². The number of nitrogens with one attached hydrogen (secondary N) is 1. The Bertz CT molecular complexity index is 786. The number of rotatable bonds is 6. The number of hydrogen-bond acceptors (Lipinski definition) is 5. The van der Waals surface area contributed by atoms with E-state index in [-0.39, 0.29) is 11.3 Å². The Balaban J connectivity index is 3.56. The van der Waals surface area contributed by atoms with Gasteiger partial charge in [0.15, 0.2) is 0 Å². The van der Waals surface area contributed by atoms with Gasteiger partial charge in [-0.3, -0.25) is 14.9 Å². The van der Waals surface area contributed by atoms with Crippen LogP contribution in [0.2, 0.25) is 0 Å². The molecule has 0 heterocycles. The summed E-state index contributed by atoms with van der Waals surface area (Å²) in [6.45, 7) is 13.3. The molecule has 9 heteroatoms. The molecule has 158 valence electrons. The first-order valence-electron chi connectivity index (χ1n) is 8.86. The van der Waals surface area contributed by atoms with Crippen molar-refractivity contribution < 1.29 is 23.1 Å². The second kappa shape index (κ2) is 8.24. The van der Waals surface area contributed by atoms with Gasteiger partial charge in [-0.1, -0.05) is 0 Å². The van der Waals surface area contributed by atoms with E-state index in [0.717, 1.165) is 18.2 Å². The molecule has 1 rings (SSSR count). The van der Waals surface area contributed by atoms with Crippen LogP contribution in [-0.4, -0.2) is 25.4 Å². The summed E-state index contributed by atoms with van der Waals surface area (Å²) in [4.78, 5) is 23.2. The molecule has 1 aromatic carbocycles. The van der Waals surface area contributed by atoms with E-state index in [1.165, 1.54) is 13.8 Å². The zero-order chi connectivity index (χ0) is 22.1. The van der Waals surface area contributed by atoms with Crippen LogP contribution in [0.15, 0.2) is 18.2 Å². The van der Waals surface area contributed by atoms with Gasteiger partial charge in [0.2, 0.25) is 0 Å². The number of hydrogen-bond donors (Lipinski definition) is 1. The smallest absolute Gasteiger partial charge is 0.311 e. The van der Waals surface area contributed by atoms with E-state index < -0.39 is 49.5 Å². The number of carbonyl (C=O) groups excluding carboxylic acids is 1. The SMILES string of the molecule is CC(C(=O)OC(C)(C)C)[C@](C)(N[S@](=O)C(C)(C)C)c1cc([N+](=O)[O-])ccc1F. The molecular formula is C19H29FN2O5S. The quantitative estimate of drug-likeness (QED) is 0.430. The maximum Gasteiger partial charge on any atom is 0.311 e. The molecule has 0 aliphatic rings. The summed E-state index contributed by atoms with van der Waals surface area (Å²) in [5.41, 5.74) is -2.76. The van der Waals surface area contributed by atoms with Crippen LogP contribution < -0.4 is 4.72 Å². The highest BCUT2D eigenvalue weighted by Crippen LogP contribution is 2.36. The number of carbonyl (C=O) groups is 1. The molecule has 0 saturated carbocycles. The molecule has 3 atom stereocenters. The molecule has 0 bridgehead atoms. The molecule has 0 aromatic heterocycles. The van der Waals surface area contributed by atoms with Crippen molar-refractivity contribution in [3.05, 3.63) is 39.7 Å². The van der Waals surface area contributed by atoms with Gasteiger partial charge in [-0.15, -0.1) is 0 Å². The van der Waals surface area contributed by atoms with E-state index in [0.29, 0.717) is 0 Å². The van der Waals surface area contributed by atoms with Crippen molar-refractivity contribution in [2.45, 2.75) is 71.3 Å². The molecule has 28 heavy (non-hydrogen) atoms. The molecule has 0 amide bonds. The van der Waals surface area contributed by atoms with Gasteiger partial charge in [-0.2, -0.15) is 0 Å². The predicted molar refractivity (Wildman–Crippen MR) is 106 cm³/mol. The van der Waals surface area contributed by atoms with Crippen molar-refractivity contribution in [1.29, 1.82) is 0 Å². The zero-order valence-electron chi connectivity index (χ0n) is 17.6. The minimum Gasteiger partial charge on any atom is -0.460 e. The molecule has 0 radical (unpaired) electrons. The molecule has 0 fully saturated rings. The van der Waals surface area contributed by atoms with Gasteiger partial charge in [0.05, 0.1) is 32.1 Å². The Morgan fingerprint density at radius 3 is 2.18 bits per heavy atom. The van der Waals surface area contributed by atoms with E-state index in [1.807, 2.05) is 0 Å². The van der Waals surface area contributed by atoms with Gasteiger partial charge in [-0.05, 0) is 61.5 Å². The number of nitrogens with zero attached hydrogens (tertiary/aromatic N) is 1. The van der Waals surface area contributed by atoms with E-state index in [1.54, 1.807) is 41.5 Å². The lowest BCUT2D eigenvalue weighted by Crippen LogP contribution is -2.53. The Kier molecular flexibility index (Phi) is 7.12. The third-order valence-electron chi connectivity index (χ3n) is 4.21. The van der Waals surface area contributed by atoms with Crippen molar-refractivity contribution in [3.8, 4) is 0 Å². The molecule has 0 spiro atoms. The Morgan fingerprint density at radius 1 is 1.21 bits per heavy atom. The fraction of sp³-hybridized carbons (Fsp3) is 0.632. The van der Waals surface area contributed by atoms with Crippen LogP contribution in [0, 0.1) is 21.8 Å². The largest absolute Gasteiger partial charge is 0.460 e. The third kappa shape index (κ3) is 5.81. The topological polar surface area (TPSA) is 98.5 Å². The first kappa shape index (κ1) is 24.2. The molecule has 1 aromatic rings. The Morgan fingerprint density at radius 2 is 1.75 bits per heavy atom. The number of non-ortho nitro benzene ring substituents is 1. The minimum atomic E-state index is -1.69. The first-order valence-corrected chi connectivity index (χ1v) is 10.0. The second-order valence-corrected chi connectivity index (χ2v) is 10.8. The monoisotopic (exact) mass is 416 g/mol. The number of ether oxygens (including phenoxy) is 1. The summed E-state index contributed by atoms with van der Waals surface area (Å²) in [5.74, 6) is -2.38. The molecule has 0 aliphatic carbocycles. The van der Waals surface area contributed by atoms with Crippen LogP contribution in [0.5, 0.6) is 0 Å². The average Bonchev–Trinajstić information content (AvgIpc) is 2.51. The normalized spacial score (nSPS) is 16.8. The maximum absolute atomic E-state index is 14.7. The molecule has 1 N–H and O–H groups in total. The molecular weight excluding hydrogens is 387 g/mol. The summed E-state index contributed by atoms with van der Waals surface area (Å²) < 4.78 is 35.0. The van der Waals surface area contributed by atoms with E-state index in [9.17, 15) is 23.5 Å². The average molecular weight is 417 g/mol. The van der Waals surface area contributed by atoms with Gasteiger partial charge in [0.1, 0.15) is 11.4 Å². The second-order valence-electron chi connectivity index (χ2n) is 8.86. The standard InChI is InChI=1S/C19H29FN2O5S/c1-12(16(23)27-17(2,3)4)19(8,21-28(26)18(5,6)7)14-11-13(22(24)25)9-10-15(14)20/h9-12,21H,1-8H3/t12?,19-,28+/m0/s1. The van der Waals surface area contributed by atoms with Gasteiger partial charge in [0, 0.05) is 17.7 Å². The van der Waals surface area contributed by atoms with Crippen molar-refractivity contribution in [1.82, 2.24) is 4.72 Å². The molecule has 0 aliphatic heterocycles. The fourth-order valence-electron chi connectivity index (χ4n) is 2.37. The lowest BCUT2D eigenvalue weighted by atomic mass is 9.81. The number of benzene rings is 1. The van der Waals surface area contributed by atoms with E-state index >= 15 is 0 Å². The van der Waals surface area contributed by atoms with E-state index in [2.05, 4.69) is 4.72 Å². The number of nitro benzene ring substituents is 1. The van der Waals surface area contributed by atoms with Crippen LogP contribution in [0.25, 0.3) is 0 Å². The van der Waals surface area contributed by atoms with Crippen molar-refractivity contribution in [2.75, 3.05) is 0 Å². The summed E-state index contributed by atoms with van der Waals surface area (Å²) in [6.07, 6.45) is 0. The predicted octanol–water partition coefficient (Wildman–Crippen LogP) is 3.98. The third-order valence-corrected chi connectivity index (χ3v) is 5.93. The molecule has 7 nitrogen and oxygen atoms in total. The van der Waals surface area contributed by atoms with Crippen LogP contribution in [-0.2, 0) is 26.1 Å². The van der Waals surface area contributed by atoms with Crippen LogP contribution in [0.1, 0.15) is 61.0 Å². The summed E-state index contributed by atoms with van der Waals surface area (Å²) in [5, 5.41) is 11.2. The number of esters is 1. The van der Waals surface area contributed by atoms with Gasteiger partial charge < -0.3 is 4.74 Å². The molecule has 1 unspecified atom stereocenters. The first-order chi connectivity index (χ1) is 12.5. The lowest BCUT2D eigenvalue weighted by Gasteiger charge is -2.38. The summed E-state index contributed by atoms with van der Waals surface area (Å²) >= 11 is 0. The molecule has 0 saturated heterocycles. The highest BCUT2D eigenvalue weighted by atomic mass is 32.2. The number of nitro groups is 1. The number of halogens is 1. The summed E-state index contributed by atoms with van der Waals surface area (Å²) in [6, 6.07) is 3.07. The van der Waals surface area contributed by atoms with Crippen molar-refractivity contribution in [3.63, 3.8) is 0 Å². The van der Waals surface area contributed by atoms with Gasteiger partial charge in [-0.25, -0.2) is 13.3 Å². The van der Waals surface area contributed by atoms with Crippen LogP contribution >= 0.6 is 0 Å². The van der Waals surface area contributed by atoms with Crippen LogP contribution in [0.4, 0.5) is 10.1 Å². The fourth-order valence-corrected chi connectivity index (χ4v) is 3.35. The lowest BCUT2D eigenvalue weighted by molar-refractivity contribution is -0.385. The zero-order valence-corrected chi connectivity index (χ0v) is 18.4. The highest BCUT2D eigenvalue weighted by Gasteiger charge is 2.44. The van der Waals surface area contributed by atoms with Gasteiger partial charge in [0.25, 0.3) is 5.69 Å². The van der Waals surface area contributed by atoms with Crippen molar-refractivity contribution >= 4 is 22.6 Å².